The number of nitrogens with one attached hydrogen (secondary N) is 2. The Morgan fingerprint density at radius 3 is 2.65 bits per heavy atom. The van der Waals surface area contributed by atoms with Gasteiger partial charge < -0.3 is 16.0 Å². The Balaban J connectivity index is 1.90. The second kappa shape index (κ2) is 6.77. The van der Waals surface area contributed by atoms with Crippen molar-refractivity contribution < 1.29 is 0 Å². The summed E-state index contributed by atoms with van der Waals surface area (Å²) < 4.78 is 0. The van der Waals surface area contributed by atoms with Gasteiger partial charge in [0.05, 0.1) is 17.1 Å². The molecular formula is C20H20ClN5. The van der Waals surface area contributed by atoms with Crippen molar-refractivity contribution in [1.82, 2.24) is 15.5 Å². The van der Waals surface area contributed by atoms with Gasteiger partial charge in [-0.1, -0.05) is 23.7 Å². The third kappa shape index (κ3) is 3.02. The fourth-order valence-corrected chi connectivity index (χ4v) is 3.43. The Kier molecular flexibility index (Phi) is 4.31. The number of rotatable bonds is 2. The highest BCUT2D eigenvalue weighted by atomic mass is 35.5. The summed E-state index contributed by atoms with van der Waals surface area (Å²) in [4.78, 5) is 2.29. The molecule has 0 spiro atoms. The zero-order valence-corrected chi connectivity index (χ0v) is 15.2. The van der Waals surface area contributed by atoms with Gasteiger partial charge in [0.25, 0.3) is 0 Å². The normalized spacial score (nSPS) is 15.8. The van der Waals surface area contributed by atoms with E-state index in [1.165, 1.54) is 0 Å². The SMILES string of the molecule is C/C(N)=C1/NCCN(c2ccc(Cl)cc2)c2cc(-c3ccn[nH]3)ccc21. The second-order valence-electron chi connectivity index (χ2n) is 6.32. The van der Waals surface area contributed by atoms with E-state index in [1.807, 2.05) is 37.3 Å². The van der Waals surface area contributed by atoms with Crippen molar-refractivity contribution in [3.05, 3.63) is 71.0 Å². The Labute approximate surface area is 157 Å². The van der Waals surface area contributed by atoms with Crippen LogP contribution in [0, 0.1) is 0 Å². The second-order valence-corrected chi connectivity index (χ2v) is 6.75. The first-order chi connectivity index (χ1) is 12.6. The molecule has 132 valence electrons. The quantitative estimate of drug-likeness (QED) is 0.639. The molecule has 0 aliphatic carbocycles. The number of halogens is 1. The molecule has 0 saturated carbocycles. The van der Waals surface area contributed by atoms with Gasteiger partial charge >= 0.3 is 0 Å². The first-order valence-corrected chi connectivity index (χ1v) is 8.89. The summed E-state index contributed by atoms with van der Waals surface area (Å²) in [6.45, 7) is 3.53. The molecule has 4 rings (SSSR count). The lowest BCUT2D eigenvalue weighted by atomic mass is 10.0. The third-order valence-corrected chi connectivity index (χ3v) is 4.79. The minimum absolute atomic E-state index is 0.728. The summed E-state index contributed by atoms with van der Waals surface area (Å²) in [5.41, 5.74) is 13.2. The molecule has 5 nitrogen and oxygen atoms in total. The predicted molar refractivity (Wildman–Crippen MR) is 107 cm³/mol. The summed E-state index contributed by atoms with van der Waals surface area (Å²) >= 11 is 6.07. The van der Waals surface area contributed by atoms with Crippen LogP contribution in [0.2, 0.25) is 5.02 Å². The van der Waals surface area contributed by atoms with E-state index in [2.05, 4.69) is 38.6 Å². The van der Waals surface area contributed by atoms with Crippen molar-refractivity contribution in [2.75, 3.05) is 18.0 Å². The van der Waals surface area contributed by atoms with E-state index in [-0.39, 0.29) is 0 Å². The lowest BCUT2D eigenvalue weighted by Gasteiger charge is -2.25. The number of hydrogen-bond donors (Lipinski definition) is 3. The van der Waals surface area contributed by atoms with Crippen LogP contribution in [0.3, 0.4) is 0 Å². The number of benzene rings is 2. The highest BCUT2D eigenvalue weighted by Crippen LogP contribution is 2.37. The number of anilines is 2. The summed E-state index contributed by atoms with van der Waals surface area (Å²) in [6.07, 6.45) is 1.76. The molecule has 0 atom stereocenters. The summed E-state index contributed by atoms with van der Waals surface area (Å²) in [6, 6.07) is 16.2. The number of H-pyrrole nitrogens is 1. The molecule has 0 saturated heterocycles. The molecule has 6 heteroatoms. The minimum Gasteiger partial charge on any atom is -0.401 e. The average molecular weight is 366 g/mol. The topological polar surface area (TPSA) is 70.0 Å². The summed E-state index contributed by atoms with van der Waals surface area (Å²) in [7, 11) is 0. The number of nitrogens with two attached hydrogens (primary N) is 1. The minimum atomic E-state index is 0.728. The van der Waals surface area contributed by atoms with Gasteiger partial charge in [-0.05, 0) is 43.3 Å². The maximum atomic E-state index is 6.15. The zero-order valence-electron chi connectivity index (χ0n) is 14.5. The van der Waals surface area contributed by atoms with Crippen molar-refractivity contribution in [2.24, 2.45) is 5.73 Å². The molecule has 3 aromatic rings. The number of allylic oxidation sites excluding steroid dienone is 1. The van der Waals surface area contributed by atoms with Gasteiger partial charge in [0.2, 0.25) is 0 Å². The summed E-state index contributed by atoms with van der Waals surface area (Å²) in [5.74, 6) is 0. The van der Waals surface area contributed by atoms with Crippen LogP contribution in [0.1, 0.15) is 12.5 Å². The molecular weight excluding hydrogens is 346 g/mol. The van der Waals surface area contributed by atoms with Crippen molar-refractivity contribution in [2.45, 2.75) is 6.92 Å². The van der Waals surface area contributed by atoms with Gasteiger partial charge in [0.1, 0.15) is 0 Å². The molecule has 0 amide bonds. The smallest absolute Gasteiger partial charge is 0.0650 e. The van der Waals surface area contributed by atoms with Gasteiger partial charge in [0, 0.05) is 46.8 Å². The molecule has 1 aromatic heterocycles. The first kappa shape index (κ1) is 16.5. The van der Waals surface area contributed by atoms with Crippen LogP contribution in [0.5, 0.6) is 0 Å². The maximum absolute atomic E-state index is 6.15. The van der Waals surface area contributed by atoms with E-state index in [4.69, 9.17) is 17.3 Å². The maximum Gasteiger partial charge on any atom is 0.0650 e. The molecule has 1 aliphatic rings. The van der Waals surface area contributed by atoms with Crippen molar-refractivity contribution in [1.29, 1.82) is 0 Å². The zero-order chi connectivity index (χ0) is 18.1. The van der Waals surface area contributed by atoms with Crippen LogP contribution in [-0.2, 0) is 0 Å². The highest BCUT2D eigenvalue weighted by Gasteiger charge is 2.21. The molecule has 4 N–H and O–H groups in total. The fourth-order valence-electron chi connectivity index (χ4n) is 3.30. The van der Waals surface area contributed by atoms with Crippen molar-refractivity contribution >= 4 is 28.7 Å². The largest absolute Gasteiger partial charge is 0.401 e. The van der Waals surface area contributed by atoms with Gasteiger partial charge in [0.15, 0.2) is 0 Å². The van der Waals surface area contributed by atoms with Crippen molar-refractivity contribution in [3.63, 3.8) is 0 Å². The predicted octanol–water partition coefficient (Wildman–Crippen LogP) is 4.12. The van der Waals surface area contributed by atoms with E-state index >= 15 is 0 Å². The van der Waals surface area contributed by atoms with E-state index in [0.717, 1.165) is 57.7 Å². The van der Waals surface area contributed by atoms with E-state index in [0.29, 0.717) is 0 Å². The van der Waals surface area contributed by atoms with E-state index < -0.39 is 0 Å². The average Bonchev–Trinajstić information content (AvgIpc) is 3.10. The Morgan fingerprint density at radius 2 is 1.96 bits per heavy atom. The first-order valence-electron chi connectivity index (χ1n) is 8.51. The lowest BCUT2D eigenvalue weighted by molar-refractivity contribution is 0.846. The van der Waals surface area contributed by atoms with Crippen LogP contribution >= 0.6 is 11.6 Å². The molecule has 0 unspecified atom stereocenters. The number of hydrogen-bond acceptors (Lipinski definition) is 4. The number of aromatic amines is 1. The van der Waals surface area contributed by atoms with Crippen LogP contribution in [0.15, 0.2) is 60.4 Å². The number of nitrogens with zero attached hydrogens (tertiary/aromatic N) is 2. The standard InChI is InChI=1S/C20H20ClN5/c1-13(22)20-17-7-2-14(18-8-9-24-25-18)12-19(17)26(11-10-23-20)16-5-3-15(21)4-6-16/h2-9,12,23H,10-11,22H2,1H3,(H,24,25)/b20-13-. The van der Waals surface area contributed by atoms with Crippen molar-refractivity contribution in [3.8, 4) is 11.3 Å². The molecule has 2 aromatic carbocycles. The van der Waals surface area contributed by atoms with E-state index in [9.17, 15) is 0 Å². The summed E-state index contributed by atoms with van der Waals surface area (Å²) in [5, 5.41) is 11.3. The number of fused-ring (bicyclic) bond motifs is 1. The molecule has 0 fully saturated rings. The molecule has 1 aliphatic heterocycles. The molecule has 0 bridgehead atoms. The van der Waals surface area contributed by atoms with Crippen LogP contribution in [0.25, 0.3) is 17.0 Å². The fraction of sp³-hybridized carbons (Fsp3) is 0.150. The van der Waals surface area contributed by atoms with Gasteiger partial charge in [-0.25, -0.2) is 0 Å². The third-order valence-electron chi connectivity index (χ3n) is 4.54. The Morgan fingerprint density at radius 1 is 1.15 bits per heavy atom. The Hall–Kier alpha value is -2.92. The van der Waals surface area contributed by atoms with Gasteiger partial charge in [-0.2, -0.15) is 5.10 Å². The highest BCUT2D eigenvalue weighted by molar-refractivity contribution is 6.30. The van der Waals surface area contributed by atoms with Crippen LogP contribution in [0.4, 0.5) is 11.4 Å². The molecule has 0 radical (unpaired) electrons. The molecule has 2 heterocycles. The van der Waals surface area contributed by atoms with E-state index in [1.54, 1.807) is 6.20 Å². The van der Waals surface area contributed by atoms with Gasteiger partial charge in [-0.3, -0.25) is 5.10 Å². The van der Waals surface area contributed by atoms with Crippen LogP contribution in [-0.4, -0.2) is 23.3 Å². The Bertz CT molecular complexity index is 941. The van der Waals surface area contributed by atoms with Crippen LogP contribution < -0.4 is 16.0 Å². The van der Waals surface area contributed by atoms with Gasteiger partial charge in [-0.15, -0.1) is 0 Å². The number of aromatic nitrogens is 2. The lowest BCUT2D eigenvalue weighted by Crippen LogP contribution is -2.24. The monoisotopic (exact) mass is 365 g/mol. The molecule has 26 heavy (non-hydrogen) atoms.